The van der Waals surface area contributed by atoms with Gasteiger partial charge in [0.05, 0.1) is 5.69 Å². The van der Waals surface area contributed by atoms with Crippen LogP contribution in [0, 0.1) is 19.8 Å². The fraction of sp³-hybridized carbons (Fsp3) is 0.429. The molecule has 0 saturated heterocycles. The van der Waals surface area contributed by atoms with Crippen molar-refractivity contribution in [2.75, 3.05) is 0 Å². The monoisotopic (exact) mass is 341 g/mol. The average molecular weight is 341 g/mol. The molecule has 0 aliphatic carbocycles. The number of benzene rings is 1. The van der Waals surface area contributed by atoms with Crippen molar-refractivity contribution in [3.63, 3.8) is 0 Å². The molecule has 1 aromatic carbocycles. The number of carbonyl (C=O) groups is 2. The van der Waals surface area contributed by atoms with Gasteiger partial charge in [0.2, 0.25) is 5.78 Å². The summed E-state index contributed by atoms with van der Waals surface area (Å²) in [6, 6.07) is 10.3. The van der Waals surface area contributed by atoms with Gasteiger partial charge in [-0.15, -0.1) is 0 Å². The molecule has 0 spiro atoms. The SMILES string of the molecule is CC(=O)c1c(C)[nH]c(C(=O)[C@@H](C)[NH2+][C@@H](c2ccccc2)C(C)C)c1C. The van der Waals surface area contributed by atoms with Crippen LogP contribution < -0.4 is 5.32 Å². The Kier molecular flexibility index (Phi) is 5.96. The lowest BCUT2D eigenvalue weighted by Crippen LogP contribution is -2.92. The van der Waals surface area contributed by atoms with Gasteiger partial charge in [-0.1, -0.05) is 44.2 Å². The first-order valence-corrected chi connectivity index (χ1v) is 8.88. The van der Waals surface area contributed by atoms with Crippen molar-refractivity contribution in [1.82, 2.24) is 4.98 Å². The number of rotatable bonds is 7. The Bertz CT molecular complexity index is 760. The highest BCUT2D eigenvalue weighted by Crippen LogP contribution is 2.21. The fourth-order valence-corrected chi connectivity index (χ4v) is 3.54. The Morgan fingerprint density at radius 3 is 2.12 bits per heavy atom. The van der Waals surface area contributed by atoms with E-state index in [-0.39, 0.29) is 23.7 Å². The van der Waals surface area contributed by atoms with Gasteiger partial charge in [0.15, 0.2) is 5.78 Å². The zero-order valence-electron chi connectivity index (χ0n) is 16.0. The number of hydrogen-bond acceptors (Lipinski definition) is 2. The van der Waals surface area contributed by atoms with Crippen molar-refractivity contribution in [3.05, 3.63) is 58.4 Å². The minimum atomic E-state index is -0.232. The van der Waals surface area contributed by atoms with Crippen molar-refractivity contribution < 1.29 is 14.9 Å². The molecule has 2 rings (SSSR count). The molecule has 0 saturated carbocycles. The van der Waals surface area contributed by atoms with E-state index in [9.17, 15) is 9.59 Å². The number of ketones is 2. The number of aromatic nitrogens is 1. The molecule has 0 aliphatic heterocycles. The van der Waals surface area contributed by atoms with E-state index in [0.717, 1.165) is 11.3 Å². The van der Waals surface area contributed by atoms with Crippen molar-refractivity contribution in [2.24, 2.45) is 5.92 Å². The highest BCUT2D eigenvalue weighted by atomic mass is 16.1. The molecule has 0 unspecified atom stereocenters. The second-order valence-electron chi connectivity index (χ2n) is 7.21. The van der Waals surface area contributed by atoms with Gasteiger partial charge in [-0.3, -0.25) is 9.59 Å². The smallest absolute Gasteiger partial charge is 0.235 e. The van der Waals surface area contributed by atoms with E-state index in [2.05, 4.69) is 36.3 Å². The quantitative estimate of drug-likeness (QED) is 0.758. The molecule has 25 heavy (non-hydrogen) atoms. The third-order valence-corrected chi connectivity index (χ3v) is 4.85. The van der Waals surface area contributed by atoms with Crippen LogP contribution in [0.25, 0.3) is 0 Å². The Hall–Kier alpha value is -2.20. The van der Waals surface area contributed by atoms with E-state index in [4.69, 9.17) is 0 Å². The molecule has 2 atom stereocenters. The van der Waals surface area contributed by atoms with Crippen molar-refractivity contribution in [2.45, 2.75) is 53.6 Å². The van der Waals surface area contributed by atoms with Gasteiger partial charge in [0.1, 0.15) is 12.1 Å². The van der Waals surface area contributed by atoms with Crippen LogP contribution in [-0.4, -0.2) is 22.6 Å². The molecular formula is C21H29N2O2+. The highest BCUT2D eigenvalue weighted by molar-refractivity contribution is 6.04. The number of nitrogens with one attached hydrogen (secondary N) is 1. The molecule has 134 valence electrons. The van der Waals surface area contributed by atoms with Crippen molar-refractivity contribution >= 4 is 11.6 Å². The highest BCUT2D eigenvalue weighted by Gasteiger charge is 2.29. The Morgan fingerprint density at radius 1 is 1.04 bits per heavy atom. The number of Topliss-reactive ketones (excluding diaryl/α,β-unsaturated/α-hetero) is 2. The first-order valence-electron chi connectivity index (χ1n) is 8.88. The van der Waals surface area contributed by atoms with Crippen LogP contribution >= 0.6 is 0 Å². The summed E-state index contributed by atoms with van der Waals surface area (Å²) in [4.78, 5) is 27.9. The fourth-order valence-electron chi connectivity index (χ4n) is 3.54. The Morgan fingerprint density at radius 2 is 1.64 bits per heavy atom. The number of carbonyl (C=O) groups excluding carboxylic acids is 2. The zero-order valence-corrected chi connectivity index (χ0v) is 16.0. The lowest BCUT2D eigenvalue weighted by molar-refractivity contribution is -0.718. The minimum Gasteiger partial charge on any atom is -0.355 e. The number of H-pyrrole nitrogens is 1. The summed E-state index contributed by atoms with van der Waals surface area (Å²) in [5.41, 5.74) is 3.95. The van der Waals surface area contributed by atoms with Crippen LogP contribution in [-0.2, 0) is 0 Å². The van der Waals surface area contributed by atoms with Crippen LogP contribution in [0.4, 0.5) is 0 Å². The number of hydrogen-bond donors (Lipinski definition) is 2. The molecule has 1 heterocycles. The molecule has 0 bridgehead atoms. The summed E-state index contributed by atoms with van der Waals surface area (Å²) in [6.45, 7) is 11.5. The summed E-state index contributed by atoms with van der Waals surface area (Å²) in [5.74, 6) is 0.429. The van der Waals surface area contributed by atoms with Crippen molar-refractivity contribution in [3.8, 4) is 0 Å². The largest absolute Gasteiger partial charge is 0.355 e. The van der Waals surface area contributed by atoms with Crippen LogP contribution in [0.1, 0.15) is 71.4 Å². The summed E-state index contributed by atoms with van der Waals surface area (Å²) in [5, 5.41) is 2.13. The number of nitrogens with two attached hydrogens (primary N) is 1. The van der Waals surface area contributed by atoms with Crippen LogP contribution in [0.2, 0.25) is 0 Å². The second kappa shape index (κ2) is 7.79. The van der Waals surface area contributed by atoms with Gasteiger partial charge in [-0.05, 0) is 33.3 Å². The Balaban J connectivity index is 2.25. The zero-order chi connectivity index (χ0) is 18.7. The Labute approximate surface area is 150 Å². The van der Waals surface area contributed by atoms with E-state index in [1.165, 1.54) is 12.5 Å². The van der Waals surface area contributed by atoms with E-state index in [1.807, 2.05) is 39.0 Å². The lowest BCUT2D eigenvalue weighted by atomic mass is 9.94. The molecule has 2 aromatic rings. The average Bonchev–Trinajstić information content (AvgIpc) is 2.86. The maximum Gasteiger partial charge on any atom is 0.235 e. The molecule has 4 nitrogen and oxygen atoms in total. The van der Waals surface area contributed by atoms with Gasteiger partial charge in [-0.2, -0.15) is 0 Å². The first-order chi connectivity index (χ1) is 11.7. The summed E-state index contributed by atoms with van der Waals surface area (Å²) in [6.07, 6.45) is 0. The van der Waals surface area contributed by atoms with Gasteiger partial charge >= 0.3 is 0 Å². The third-order valence-electron chi connectivity index (χ3n) is 4.85. The molecule has 0 amide bonds. The normalized spacial score (nSPS) is 13.7. The predicted molar refractivity (Wildman–Crippen MR) is 100 cm³/mol. The third kappa shape index (κ3) is 4.07. The molecule has 1 aromatic heterocycles. The second-order valence-corrected chi connectivity index (χ2v) is 7.21. The first kappa shape index (κ1) is 19.1. The molecule has 4 heteroatoms. The van der Waals surface area contributed by atoms with E-state index in [1.54, 1.807) is 0 Å². The van der Waals surface area contributed by atoms with Crippen molar-refractivity contribution in [1.29, 1.82) is 0 Å². The number of aryl methyl sites for hydroxylation is 1. The standard InChI is InChI=1S/C21H28N2O2/c1-12(2)19(17-10-8-7-9-11-17)23-15(5)21(25)20-13(3)18(16(6)24)14(4)22-20/h7-12,15,19,22-23H,1-6H3/p+1/t15-,19-/m1/s1. The predicted octanol–water partition coefficient (Wildman–Crippen LogP) is 3.37. The van der Waals surface area contributed by atoms with Gasteiger partial charge < -0.3 is 10.3 Å². The van der Waals surface area contributed by atoms with Gasteiger partial charge in [0.25, 0.3) is 0 Å². The summed E-state index contributed by atoms with van der Waals surface area (Å²) in [7, 11) is 0. The molecular weight excluding hydrogens is 312 g/mol. The number of aromatic amines is 1. The summed E-state index contributed by atoms with van der Waals surface area (Å²) < 4.78 is 0. The van der Waals surface area contributed by atoms with E-state index in [0.29, 0.717) is 17.2 Å². The molecule has 0 aliphatic rings. The molecule has 0 fully saturated rings. The van der Waals surface area contributed by atoms with E-state index >= 15 is 0 Å². The maximum atomic E-state index is 13.0. The molecule has 3 N–H and O–H groups in total. The topological polar surface area (TPSA) is 66.5 Å². The lowest BCUT2D eigenvalue weighted by Gasteiger charge is -2.23. The molecule has 0 radical (unpaired) electrons. The number of quaternary nitrogens is 1. The summed E-state index contributed by atoms with van der Waals surface area (Å²) >= 11 is 0. The van der Waals surface area contributed by atoms with E-state index < -0.39 is 0 Å². The van der Waals surface area contributed by atoms with Crippen LogP contribution in [0.3, 0.4) is 0 Å². The van der Waals surface area contributed by atoms with Crippen LogP contribution in [0.5, 0.6) is 0 Å². The maximum absolute atomic E-state index is 13.0. The minimum absolute atomic E-state index is 0.00808. The van der Waals surface area contributed by atoms with Gasteiger partial charge in [-0.25, -0.2) is 0 Å². The van der Waals surface area contributed by atoms with Crippen LogP contribution in [0.15, 0.2) is 30.3 Å². The van der Waals surface area contributed by atoms with Gasteiger partial charge in [0, 0.05) is 22.7 Å².